The van der Waals surface area contributed by atoms with Gasteiger partial charge in [-0.3, -0.25) is 4.90 Å². The number of hydrogen-bond donors (Lipinski definition) is 3. The molecule has 2 amide bonds. The van der Waals surface area contributed by atoms with Crippen LogP contribution >= 0.6 is 11.6 Å². The zero-order valence-electron chi connectivity index (χ0n) is 14.5. The van der Waals surface area contributed by atoms with E-state index in [1.807, 2.05) is 6.92 Å². The topological polar surface area (TPSA) is 83.1 Å². The third kappa shape index (κ3) is 7.48. The first kappa shape index (κ1) is 19.8. The number of morpholine rings is 1. The highest BCUT2D eigenvalue weighted by atomic mass is 35.5. The summed E-state index contributed by atoms with van der Waals surface area (Å²) in [6, 6.07) is 5.00. The minimum atomic E-state index is -0.791. The van der Waals surface area contributed by atoms with Gasteiger partial charge in [0.05, 0.1) is 13.2 Å². The summed E-state index contributed by atoms with van der Waals surface area (Å²) in [5, 5.41) is 16.0. The smallest absolute Gasteiger partial charge is 0.314 e. The second-order valence-corrected chi connectivity index (χ2v) is 6.37. The number of halogens is 1. The van der Waals surface area contributed by atoms with Crippen LogP contribution in [0.2, 0.25) is 5.02 Å². The minimum absolute atomic E-state index is 0.0924. The molecule has 0 spiro atoms. The minimum Gasteiger partial charge on any atom is -0.491 e. The molecule has 1 aromatic rings. The van der Waals surface area contributed by atoms with Crippen molar-refractivity contribution in [1.29, 1.82) is 0 Å². The van der Waals surface area contributed by atoms with Crippen molar-refractivity contribution >= 4 is 17.6 Å². The quantitative estimate of drug-likeness (QED) is 0.635. The van der Waals surface area contributed by atoms with Crippen LogP contribution < -0.4 is 15.4 Å². The van der Waals surface area contributed by atoms with Gasteiger partial charge >= 0.3 is 6.03 Å². The van der Waals surface area contributed by atoms with Crippen molar-refractivity contribution in [2.75, 3.05) is 52.5 Å². The van der Waals surface area contributed by atoms with Crippen LogP contribution in [0.5, 0.6) is 5.75 Å². The van der Waals surface area contributed by atoms with Gasteiger partial charge in [0.2, 0.25) is 0 Å². The first-order valence-corrected chi connectivity index (χ1v) is 8.81. The SMILES string of the molecule is Cc1cc(OCC(O)CNC(=O)NCCN2CCOCC2)ccc1Cl. The van der Waals surface area contributed by atoms with E-state index in [9.17, 15) is 9.90 Å². The van der Waals surface area contributed by atoms with Crippen molar-refractivity contribution < 1.29 is 19.4 Å². The summed E-state index contributed by atoms with van der Waals surface area (Å²) < 4.78 is 10.8. The third-order valence-corrected chi connectivity index (χ3v) is 4.31. The van der Waals surface area contributed by atoms with Gasteiger partial charge in [0.1, 0.15) is 18.5 Å². The molecule has 0 radical (unpaired) electrons. The summed E-state index contributed by atoms with van der Waals surface area (Å²) in [6.07, 6.45) is -0.791. The Hall–Kier alpha value is -1.54. The molecule has 1 heterocycles. The highest BCUT2D eigenvalue weighted by molar-refractivity contribution is 6.31. The number of carbonyl (C=O) groups excluding carboxylic acids is 1. The molecule has 1 aliphatic rings. The summed E-state index contributed by atoms with van der Waals surface area (Å²) >= 11 is 5.95. The fraction of sp³-hybridized carbons (Fsp3) is 0.588. The number of rotatable bonds is 8. The molecule has 2 rings (SSSR count). The maximum Gasteiger partial charge on any atom is 0.314 e. The lowest BCUT2D eigenvalue weighted by Gasteiger charge is -2.26. The number of hydrogen-bond acceptors (Lipinski definition) is 5. The fourth-order valence-electron chi connectivity index (χ4n) is 2.38. The van der Waals surface area contributed by atoms with Gasteiger partial charge in [-0.25, -0.2) is 4.79 Å². The van der Waals surface area contributed by atoms with Gasteiger partial charge in [-0.2, -0.15) is 0 Å². The number of aryl methyl sites for hydroxylation is 1. The van der Waals surface area contributed by atoms with Crippen LogP contribution in [0.4, 0.5) is 4.79 Å². The van der Waals surface area contributed by atoms with Crippen molar-refractivity contribution in [2.45, 2.75) is 13.0 Å². The molecule has 140 valence electrons. The number of nitrogens with one attached hydrogen (secondary N) is 2. The molecule has 8 heteroatoms. The fourth-order valence-corrected chi connectivity index (χ4v) is 2.50. The van der Waals surface area contributed by atoms with E-state index >= 15 is 0 Å². The standard InChI is InChI=1S/C17H26ClN3O4/c1-13-10-15(2-3-16(13)18)25-12-14(22)11-20-17(23)19-4-5-21-6-8-24-9-7-21/h2-3,10,14,22H,4-9,11-12H2,1H3,(H2,19,20,23). The molecule has 7 nitrogen and oxygen atoms in total. The molecule has 1 aliphatic heterocycles. The second kappa shape index (κ2) is 10.5. The number of nitrogens with zero attached hydrogens (tertiary/aromatic N) is 1. The highest BCUT2D eigenvalue weighted by Crippen LogP contribution is 2.21. The summed E-state index contributed by atoms with van der Waals surface area (Å²) in [5.41, 5.74) is 0.909. The van der Waals surface area contributed by atoms with E-state index in [2.05, 4.69) is 15.5 Å². The molecule has 1 saturated heterocycles. The van der Waals surface area contributed by atoms with Gasteiger partial charge < -0.3 is 25.2 Å². The molecule has 1 aromatic carbocycles. The van der Waals surface area contributed by atoms with E-state index in [1.54, 1.807) is 18.2 Å². The Balaban J connectivity index is 1.56. The Labute approximate surface area is 153 Å². The van der Waals surface area contributed by atoms with Crippen LogP contribution in [-0.2, 0) is 4.74 Å². The number of aliphatic hydroxyl groups is 1. The van der Waals surface area contributed by atoms with E-state index in [1.165, 1.54) is 0 Å². The van der Waals surface area contributed by atoms with Crippen molar-refractivity contribution in [3.05, 3.63) is 28.8 Å². The number of ether oxygens (including phenoxy) is 2. The summed E-state index contributed by atoms with van der Waals surface area (Å²) in [6.45, 7) is 6.71. The number of benzene rings is 1. The molecule has 3 N–H and O–H groups in total. The van der Waals surface area contributed by atoms with E-state index in [0.717, 1.165) is 38.4 Å². The summed E-state index contributed by atoms with van der Waals surface area (Å²) in [5.74, 6) is 0.635. The summed E-state index contributed by atoms with van der Waals surface area (Å²) in [7, 11) is 0. The molecule has 0 bridgehead atoms. The monoisotopic (exact) mass is 371 g/mol. The van der Waals surface area contributed by atoms with E-state index in [-0.39, 0.29) is 19.2 Å². The predicted octanol–water partition coefficient (Wildman–Crippen LogP) is 1.02. The Morgan fingerprint density at radius 2 is 2.16 bits per heavy atom. The maximum atomic E-state index is 11.7. The van der Waals surface area contributed by atoms with Gasteiger partial charge in [0.15, 0.2) is 0 Å². The Morgan fingerprint density at radius 3 is 2.88 bits per heavy atom. The van der Waals surface area contributed by atoms with Crippen LogP contribution in [0.25, 0.3) is 0 Å². The Bertz CT molecular complexity index is 553. The first-order chi connectivity index (χ1) is 12.0. The molecule has 1 atom stereocenters. The van der Waals surface area contributed by atoms with E-state index in [0.29, 0.717) is 17.3 Å². The summed E-state index contributed by atoms with van der Waals surface area (Å²) in [4.78, 5) is 14.0. The Kier molecular flexibility index (Phi) is 8.27. The van der Waals surface area contributed by atoms with Crippen molar-refractivity contribution in [2.24, 2.45) is 0 Å². The maximum absolute atomic E-state index is 11.7. The van der Waals surface area contributed by atoms with E-state index in [4.69, 9.17) is 21.1 Å². The molecular weight excluding hydrogens is 346 g/mol. The van der Waals surface area contributed by atoms with Crippen LogP contribution in [0, 0.1) is 6.92 Å². The van der Waals surface area contributed by atoms with Crippen molar-refractivity contribution in [3.8, 4) is 5.75 Å². The van der Waals surface area contributed by atoms with Crippen molar-refractivity contribution in [3.63, 3.8) is 0 Å². The lowest BCUT2D eigenvalue weighted by molar-refractivity contribution is 0.0387. The average molecular weight is 372 g/mol. The van der Waals surface area contributed by atoms with Crippen molar-refractivity contribution in [1.82, 2.24) is 15.5 Å². The largest absolute Gasteiger partial charge is 0.491 e. The second-order valence-electron chi connectivity index (χ2n) is 5.97. The zero-order valence-corrected chi connectivity index (χ0v) is 15.2. The highest BCUT2D eigenvalue weighted by Gasteiger charge is 2.11. The van der Waals surface area contributed by atoms with Crippen LogP contribution in [0.15, 0.2) is 18.2 Å². The molecule has 1 fully saturated rings. The number of carbonyl (C=O) groups is 1. The average Bonchev–Trinajstić information content (AvgIpc) is 2.62. The Morgan fingerprint density at radius 1 is 1.40 bits per heavy atom. The van der Waals surface area contributed by atoms with Crippen LogP contribution in [0.3, 0.4) is 0 Å². The van der Waals surface area contributed by atoms with Gasteiger partial charge in [-0.05, 0) is 30.7 Å². The van der Waals surface area contributed by atoms with Gasteiger partial charge in [-0.1, -0.05) is 11.6 Å². The number of aliphatic hydroxyl groups excluding tert-OH is 1. The van der Waals surface area contributed by atoms with Gasteiger partial charge in [0, 0.05) is 37.7 Å². The van der Waals surface area contributed by atoms with Gasteiger partial charge in [0.25, 0.3) is 0 Å². The number of urea groups is 1. The first-order valence-electron chi connectivity index (χ1n) is 8.43. The normalized spacial score (nSPS) is 16.3. The predicted molar refractivity (Wildman–Crippen MR) is 96.4 cm³/mol. The zero-order chi connectivity index (χ0) is 18.1. The molecule has 0 aliphatic carbocycles. The van der Waals surface area contributed by atoms with Gasteiger partial charge in [-0.15, -0.1) is 0 Å². The number of amides is 2. The molecule has 1 unspecified atom stereocenters. The molecule has 25 heavy (non-hydrogen) atoms. The molecule has 0 saturated carbocycles. The van der Waals surface area contributed by atoms with Crippen LogP contribution in [-0.4, -0.2) is 74.7 Å². The third-order valence-electron chi connectivity index (χ3n) is 3.89. The lowest BCUT2D eigenvalue weighted by atomic mass is 10.2. The molecular formula is C17H26ClN3O4. The molecule has 0 aromatic heterocycles. The van der Waals surface area contributed by atoms with E-state index < -0.39 is 6.10 Å². The van der Waals surface area contributed by atoms with Crippen LogP contribution in [0.1, 0.15) is 5.56 Å². The lowest BCUT2D eigenvalue weighted by Crippen LogP contribution is -2.45.